The highest BCUT2D eigenvalue weighted by Crippen LogP contribution is 2.34. The molecule has 0 bridgehead atoms. The van der Waals surface area contributed by atoms with Crippen molar-refractivity contribution in [2.24, 2.45) is 0 Å². The van der Waals surface area contributed by atoms with Gasteiger partial charge in [-0.1, -0.05) is 0 Å². The van der Waals surface area contributed by atoms with Crippen LogP contribution >= 0.6 is 34.2 Å². The zero-order chi connectivity index (χ0) is 13.1. The number of rotatable bonds is 1. The van der Waals surface area contributed by atoms with Crippen LogP contribution in [0.1, 0.15) is 23.8 Å². The van der Waals surface area contributed by atoms with Gasteiger partial charge in [0.2, 0.25) is 0 Å². The van der Waals surface area contributed by atoms with Gasteiger partial charge in [-0.05, 0) is 24.4 Å². The molecule has 1 aliphatic carbocycles. The van der Waals surface area contributed by atoms with Crippen LogP contribution in [0.4, 0.5) is 0 Å². The molecule has 0 N–H and O–H groups in total. The lowest BCUT2D eigenvalue weighted by atomic mass is 10.5. The molecule has 2 aliphatic heterocycles. The van der Waals surface area contributed by atoms with E-state index in [1.807, 2.05) is 0 Å². The number of nitrogens with zero attached hydrogens (tertiary/aromatic N) is 3. The fourth-order valence-corrected chi connectivity index (χ4v) is 5.24. The summed E-state index contributed by atoms with van der Waals surface area (Å²) in [5, 5.41) is 9.01. The molecule has 0 unspecified atom stereocenters. The van der Waals surface area contributed by atoms with E-state index in [-0.39, 0.29) is 17.2 Å². The largest absolute Gasteiger partial charge is 0.272 e. The van der Waals surface area contributed by atoms with Gasteiger partial charge in [0.05, 0.1) is 4.70 Å². The first-order chi connectivity index (χ1) is 9.20. The topological polar surface area (TPSA) is 75.8 Å². The van der Waals surface area contributed by atoms with E-state index in [0.717, 1.165) is 29.1 Å². The average molecular weight is 307 g/mol. The van der Waals surface area contributed by atoms with Gasteiger partial charge in [-0.2, -0.15) is 9.64 Å². The van der Waals surface area contributed by atoms with E-state index in [1.54, 1.807) is 0 Å². The molecule has 0 saturated heterocycles. The molecule has 3 heterocycles. The van der Waals surface area contributed by atoms with Gasteiger partial charge in [0.1, 0.15) is 24.8 Å². The molecule has 19 heavy (non-hydrogen) atoms. The first kappa shape index (κ1) is 11.3. The van der Waals surface area contributed by atoms with E-state index >= 15 is 0 Å². The zero-order valence-electron chi connectivity index (χ0n) is 9.37. The summed E-state index contributed by atoms with van der Waals surface area (Å²) in [6.07, 6.45) is 1.80. The molecule has 4 rings (SSSR count). The van der Waals surface area contributed by atoms with Crippen molar-refractivity contribution < 1.29 is 0 Å². The summed E-state index contributed by atoms with van der Waals surface area (Å²) >= 11 is 3.55. The number of hydrogen-bond donors (Lipinski definition) is 0. The molecule has 3 aliphatic rings. The van der Waals surface area contributed by atoms with Crippen LogP contribution < -0.4 is 11.1 Å². The van der Waals surface area contributed by atoms with Crippen molar-refractivity contribution in [1.29, 1.82) is 5.26 Å². The number of aromatic nitrogens is 2. The van der Waals surface area contributed by atoms with Gasteiger partial charge in [0, 0.05) is 6.04 Å². The van der Waals surface area contributed by atoms with Gasteiger partial charge in [-0.25, -0.2) is 0 Å². The zero-order valence-corrected chi connectivity index (χ0v) is 11.8. The second-order valence-electron chi connectivity index (χ2n) is 4.33. The molecule has 0 amide bonds. The van der Waals surface area contributed by atoms with Gasteiger partial charge < -0.3 is 0 Å². The Bertz CT molecular complexity index is 1030. The van der Waals surface area contributed by atoms with Crippen LogP contribution in [-0.4, -0.2) is 8.94 Å². The van der Waals surface area contributed by atoms with E-state index < -0.39 is 0 Å². The van der Waals surface area contributed by atoms with Crippen LogP contribution in [0.2, 0.25) is 0 Å². The smallest absolute Gasteiger partial charge is 0.270 e. The monoisotopic (exact) mass is 307 g/mol. The molecule has 0 spiro atoms. The third kappa shape index (κ3) is 1.46. The summed E-state index contributed by atoms with van der Waals surface area (Å²) in [5.41, 5.74) is -0.405. The van der Waals surface area contributed by atoms with Crippen LogP contribution in [0.3, 0.4) is 0 Å². The summed E-state index contributed by atoms with van der Waals surface area (Å²) in [6.45, 7) is 0. The summed E-state index contributed by atoms with van der Waals surface area (Å²) < 4.78 is 7.20. The molecule has 0 atom stereocenters. The van der Waals surface area contributed by atoms with Crippen molar-refractivity contribution in [1.82, 2.24) is 8.94 Å². The number of hydrogen-bond acceptors (Lipinski definition) is 7. The summed E-state index contributed by atoms with van der Waals surface area (Å²) in [4.78, 5) is 25.7. The summed E-state index contributed by atoms with van der Waals surface area (Å²) in [5.74, 6) is 0. The second kappa shape index (κ2) is 3.72. The molecular weight excluding hydrogens is 302 g/mol. The van der Waals surface area contributed by atoms with Crippen LogP contribution in [0.5, 0.6) is 0 Å². The molecular formula is C11H5N3O2S3. The summed E-state index contributed by atoms with van der Waals surface area (Å²) in [7, 11) is 0. The van der Waals surface area contributed by atoms with Crippen molar-refractivity contribution in [3.8, 4) is 6.07 Å². The lowest BCUT2D eigenvalue weighted by molar-refractivity contribution is 0.695. The van der Waals surface area contributed by atoms with Crippen LogP contribution in [0.15, 0.2) is 9.59 Å². The fourth-order valence-electron chi connectivity index (χ4n) is 2.04. The Morgan fingerprint density at radius 1 is 1.21 bits per heavy atom. The predicted molar refractivity (Wildman–Crippen MR) is 74.2 cm³/mol. The third-order valence-corrected chi connectivity index (χ3v) is 6.58. The van der Waals surface area contributed by atoms with Crippen molar-refractivity contribution in [2.45, 2.75) is 18.9 Å². The minimum absolute atomic E-state index is 0.0763. The van der Waals surface area contributed by atoms with Crippen molar-refractivity contribution >= 4 is 43.7 Å². The molecule has 1 aromatic rings. The summed E-state index contributed by atoms with van der Waals surface area (Å²) in [6, 6.07) is 2.15. The number of fused-ring (bicyclic) bond motifs is 1. The van der Waals surface area contributed by atoms with Crippen molar-refractivity contribution in [3.05, 3.63) is 34.6 Å². The first-order valence-corrected chi connectivity index (χ1v) is 7.99. The van der Waals surface area contributed by atoms with Gasteiger partial charge >= 0.3 is 0 Å². The minimum Gasteiger partial charge on any atom is -0.270 e. The molecule has 94 valence electrons. The minimum atomic E-state index is -0.208. The molecule has 8 heteroatoms. The maximum Gasteiger partial charge on any atom is 0.272 e. The lowest BCUT2D eigenvalue weighted by Gasteiger charge is -1.91. The van der Waals surface area contributed by atoms with Crippen LogP contribution in [0.25, 0.3) is 9.53 Å². The quantitative estimate of drug-likeness (QED) is 0.688. The Morgan fingerprint density at radius 3 is 2.53 bits per heavy atom. The highest BCUT2D eigenvalue weighted by atomic mass is 32.1. The van der Waals surface area contributed by atoms with Gasteiger partial charge in [0.25, 0.3) is 11.1 Å². The van der Waals surface area contributed by atoms with Gasteiger partial charge in [-0.3, -0.25) is 14.2 Å². The van der Waals surface area contributed by atoms with Crippen molar-refractivity contribution in [2.75, 3.05) is 0 Å². The predicted octanol–water partition coefficient (Wildman–Crippen LogP) is 1.87. The Labute approximate surface area is 117 Å². The Balaban J connectivity index is 2.24. The Kier molecular flexibility index (Phi) is 2.21. The van der Waals surface area contributed by atoms with E-state index in [9.17, 15) is 9.59 Å². The first-order valence-electron chi connectivity index (χ1n) is 5.58. The SMILES string of the molecule is N#Cc1snc2sc3c(=O)n(C4CC4)c(=O)c=3sc12. The standard InChI is InChI=1S/C11H5N3O2S3/c12-3-5-6-9(13-19-5)18-8-7(17-6)10(15)14(11(8)16)4-1-2-4/h4H,1-2H2. The highest BCUT2D eigenvalue weighted by molar-refractivity contribution is 7.29. The molecule has 1 fully saturated rings. The third-order valence-electron chi connectivity index (χ3n) is 3.07. The Morgan fingerprint density at radius 2 is 1.89 bits per heavy atom. The van der Waals surface area contributed by atoms with Crippen LogP contribution in [0, 0.1) is 20.4 Å². The van der Waals surface area contributed by atoms with E-state index in [0.29, 0.717) is 18.8 Å². The van der Waals surface area contributed by atoms with Gasteiger partial charge in [-0.15, -0.1) is 22.7 Å². The second-order valence-corrected chi connectivity index (χ2v) is 7.12. The van der Waals surface area contributed by atoms with Crippen molar-refractivity contribution in [3.63, 3.8) is 0 Å². The van der Waals surface area contributed by atoms with Crippen LogP contribution in [-0.2, 0) is 0 Å². The molecule has 1 aromatic heterocycles. The average Bonchev–Trinajstić information content (AvgIpc) is 3.11. The van der Waals surface area contributed by atoms with E-state index in [2.05, 4.69) is 10.4 Å². The molecule has 5 nitrogen and oxygen atoms in total. The molecule has 1 saturated carbocycles. The van der Waals surface area contributed by atoms with E-state index in [4.69, 9.17) is 5.26 Å². The van der Waals surface area contributed by atoms with Gasteiger partial charge in [0.15, 0.2) is 0 Å². The fraction of sp³-hybridized carbons (Fsp3) is 0.273. The van der Waals surface area contributed by atoms with E-state index in [1.165, 1.54) is 27.2 Å². The Hall–Kier alpha value is -1.56. The number of nitriles is 1. The highest BCUT2D eigenvalue weighted by Gasteiger charge is 2.29. The maximum absolute atomic E-state index is 12.3. The molecule has 0 radical (unpaired) electrons. The molecule has 0 aromatic carbocycles. The normalized spacial score (nSPS) is 15.1. The lowest BCUT2D eigenvalue weighted by Crippen LogP contribution is -2.24. The maximum atomic E-state index is 12.3.